The Balaban J connectivity index is 1.40. The number of esters is 1. The molecule has 2 unspecified atom stereocenters. The average molecular weight is 352 g/mol. The third-order valence-corrected chi connectivity index (χ3v) is 4.82. The Kier molecular flexibility index (Phi) is 4.37. The van der Waals surface area contributed by atoms with Crippen molar-refractivity contribution in [1.29, 1.82) is 0 Å². The summed E-state index contributed by atoms with van der Waals surface area (Å²) in [7, 11) is 0. The third kappa shape index (κ3) is 3.17. The number of carbonyl (C=O) groups excluding carboxylic acids is 2. The van der Waals surface area contributed by atoms with Crippen LogP contribution in [0.3, 0.4) is 0 Å². The SMILES string of the molecule is CC(OC(=O)C1COc2ccccc2O1)C(=O)c1ccc2c(c1)CCC2. The highest BCUT2D eigenvalue weighted by Gasteiger charge is 2.31. The first-order valence-electron chi connectivity index (χ1n) is 8.87. The lowest BCUT2D eigenvalue weighted by molar-refractivity contribution is -0.157. The van der Waals surface area contributed by atoms with Crippen LogP contribution in [-0.2, 0) is 22.4 Å². The van der Waals surface area contributed by atoms with E-state index in [0.717, 1.165) is 19.3 Å². The average Bonchev–Trinajstić information content (AvgIpc) is 3.14. The van der Waals surface area contributed by atoms with Gasteiger partial charge in [-0.25, -0.2) is 4.79 Å². The second kappa shape index (κ2) is 6.83. The number of para-hydroxylation sites is 2. The molecule has 4 rings (SSSR count). The number of fused-ring (bicyclic) bond motifs is 2. The van der Waals surface area contributed by atoms with Gasteiger partial charge in [0.15, 0.2) is 17.6 Å². The van der Waals surface area contributed by atoms with Gasteiger partial charge in [0.25, 0.3) is 0 Å². The maximum absolute atomic E-state index is 12.6. The van der Waals surface area contributed by atoms with Crippen LogP contribution in [0, 0.1) is 0 Å². The van der Waals surface area contributed by atoms with Gasteiger partial charge in [-0.15, -0.1) is 0 Å². The molecule has 1 aliphatic carbocycles. The number of carbonyl (C=O) groups is 2. The number of ketones is 1. The second-order valence-electron chi connectivity index (χ2n) is 6.64. The molecule has 2 atom stereocenters. The zero-order chi connectivity index (χ0) is 18.1. The normalized spacial score (nSPS) is 18.7. The maximum atomic E-state index is 12.6. The summed E-state index contributed by atoms with van der Waals surface area (Å²) in [5, 5.41) is 0. The molecule has 134 valence electrons. The number of ether oxygens (including phenoxy) is 3. The third-order valence-electron chi connectivity index (χ3n) is 4.82. The van der Waals surface area contributed by atoms with Crippen LogP contribution in [0.1, 0.15) is 34.8 Å². The molecule has 5 heteroatoms. The molecule has 2 aliphatic rings. The molecule has 2 aromatic carbocycles. The van der Waals surface area contributed by atoms with E-state index in [-0.39, 0.29) is 12.4 Å². The van der Waals surface area contributed by atoms with E-state index in [1.807, 2.05) is 24.3 Å². The number of hydrogen-bond acceptors (Lipinski definition) is 5. The van der Waals surface area contributed by atoms with Gasteiger partial charge in [-0.05, 0) is 55.5 Å². The van der Waals surface area contributed by atoms with E-state index in [0.29, 0.717) is 17.1 Å². The van der Waals surface area contributed by atoms with Crippen molar-refractivity contribution in [1.82, 2.24) is 0 Å². The van der Waals surface area contributed by atoms with Crippen molar-refractivity contribution in [2.45, 2.75) is 38.4 Å². The molecule has 0 radical (unpaired) electrons. The summed E-state index contributed by atoms with van der Waals surface area (Å²) in [4.78, 5) is 25.0. The zero-order valence-corrected chi connectivity index (χ0v) is 14.6. The van der Waals surface area contributed by atoms with Crippen LogP contribution in [0.5, 0.6) is 11.5 Å². The van der Waals surface area contributed by atoms with Gasteiger partial charge in [-0.1, -0.05) is 24.3 Å². The summed E-state index contributed by atoms with van der Waals surface area (Å²) in [6, 6.07) is 12.9. The van der Waals surface area contributed by atoms with Gasteiger partial charge in [0.2, 0.25) is 11.9 Å². The molecule has 0 saturated carbocycles. The predicted octanol–water partition coefficient (Wildman–Crippen LogP) is 3.13. The van der Waals surface area contributed by atoms with Crippen LogP contribution in [0.15, 0.2) is 42.5 Å². The topological polar surface area (TPSA) is 61.8 Å². The van der Waals surface area contributed by atoms with Gasteiger partial charge in [0, 0.05) is 5.56 Å². The Bertz CT molecular complexity index is 857. The van der Waals surface area contributed by atoms with Crippen LogP contribution >= 0.6 is 0 Å². The molecule has 2 aromatic rings. The number of hydrogen-bond donors (Lipinski definition) is 0. The molecule has 26 heavy (non-hydrogen) atoms. The lowest BCUT2D eigenvalue weighted by Gasteiger charge is -2.25. The highest BCUT2D eigenvalue weighted by molar-refractivity contribution is 6.00. The van der Waals surface area contributed by atoms with E-state index in [2.05, 4.69) is 0 Å². The quantitative estimate of drug-likeness (QED) is 0.625. The molecule has 1 heterocycles. The minimum Gasteiger partial charge on any atom is -0.485 e. The predicted molar refractivity (Wildman–Crippen MR) is 94.7 cm³/mol. The van der Waals surface area contributed by atoms with Crippen LogP contribution in [-0.4, -0.2) is 30.6 Å². The molecule has 0 saturated heterocycles. The fraction of sp³-hybridized carbons (Fsp3) is 0.333. The minimum atomic E-state index is -0.875. The van der Waals surface area contributed by atoms with E-state index in [1.165, 1.54) is 11.1 Å². The monoisotopic (exact) mass is 352 g/mol. The van der Waals surface area contributed by atoms with Crippen LogP contribution in [0.25, 0.3) is 0 Å². The lowest BCUT2D eigenvalue weighted by atomic mass is 10.0. The molecular formula is C21H20O5. The van der Waals surface area contributed by atoms with Crippen LogP contribution < -0.4 is 9.47 Å². The molecule has 0 aromatic heterocycles. The number of Topliss-reactive ketones (excluding diaryl/α,β-unsaturated/α-hetero) is 1. The number of benzene rings is 2. The number of aryl methyl sites for hydroxylation is 2. The Morgan fingerprint density at radius 3 is 2.69 bits per heavy atom. The van der Waals surface area contributed by atoms with Crippen molar-refractivity contribution in [3.8, 4) is 11.5 Å². The van der Waals surface area contributed by atoms with Crippen LogP contribution in [0.2, 0.25) is 0 Å². The summed E-state index contributed by atoms with van der Waals surface area (Å²) >= 11 is 0. The Morgan fingerprint density at radius 1 is 1.08 bits per heavy atom. The standard InChI is InChI=1S/C21H20O5/c1-13(20(22)16-10-9-14-5-4-6-15(14)11-16)25-21(23)19-12-24-17-7-2-3-8-18(17)26-19/h2-3,7-11,13,19H,4-6,12H2,1H3. The smallest absolute Gasteiger partial charge is 0.351 e. The Labute approximate surface area is 151 Å². The summed E-state index contributed by atoms with van der Waals surface area (Å²) < 4.78 is 16.5. The maximum Gasteiger partial charge on any atom is 0.351 e. The first-order valence-corrected chi connectivity index (χ1v) is 8.87. The van der Waals surface area contributed by atoms with Crippen molar-refractivity contribution >= 4 is 11.8 Å². The summed E-state index contributed by atoms with van der Waals surface area (Å²) in [6.45, 7) is 1.65. The van der Waals surface area contributed by atoms with Gasteiger partial charge >= 0.3 is 5.97 Å². The van der Waals surface area contributed by atoms with E-state index < -0.39 is 18.2 Å². The van der Waals surface area contributed by atoms with E-state index in [9.17, 15) is 9.59 Å². The van der Waals surface area contributed by atoms with Crippen molar-refractivity contribution in [3.05, 3.63) is 59.2 Å². The van der Waals surface area contributed by atoms with Crippen molar-refractivity contribution in [2.75, 3.05) is 6.61 Å². The van der Waals surface area contributed by atoms with E-state index in [1.54, 1.807) is 25.1 Å². The van der Waals surface area contributed by atoms with Gasteiger partial charge in [0.1, 0.15) is 6.61 Å². The molecule has 5 nitrogen and oxygen atoms in total. The second-order valence-corrected chi connectivity index (χ2v) is 6.64. The summed E-state index contributed by atoms with van der Waals surface area (Å²) in [6.07, 6.45) is 1.44. The largest absolute Gasteiger partial charge is 0.485 e. The highest BCUT2D eigenvalue weighted by atomic mass is 16.6. The first kappa shape index (κ1) is 16.6. The van der Waals surface area contributed by atoms with Crippen molar-refractivity contribution in [3.63, 3.8) is 0 Å². The van der Waals surface area contributed by atoms with Crippen LogP contribution in [0.4, 0.5) is 0 Å². The van der Waals surface area contributed by atoms with E-state index >= 15 is 0 Å². The van der Waals surface area contributed by atoms with Gasteiger partial charge < -0.3 is 14.2 Å². The summed E-state index contributed by atoms with van der Waals surface area (Å²) in [5.41, 5.74) is 3.10. The van der Waals surface area contributed by atoms with Crippen molar-refractivity contribution in [2.24, 2.45) is 0 Å². The fourth-order valence-corrected chi connectivity index (χ4v) is 3.40. The molecule has 1 aliphatic heterocycles. The molecule has 0 N–H and O–H groups in total. The van der Waals surface area contributed by atoms with Crippen molar-refractivity contribution < 1.29 is 23.8 Å². The Hall–Kier alpha value is -2.82. The minimum absolute atomic E-state index is 0.0651. The molecule has 0 spiro atoms. The molecular weight excluding hydrogens is 332 g/mol. The van der Waals surface area contributed by atoms with Gasteiger partial charge in [-0.3, -0.25) is 4.79 Å². The molecule has 0 amide bonds. The van der Waals surface area contributed by atoms with Gasteiger partial charge in [0.05, 0.1) is 0 Å². The lowest BCUT2D eigenvalue weighted by Crippen LogP contribution is -2.40. The van der Waals surface area contributed by atoms with Gasteiger partial charge in [-0.2, -0.15) is 0 Å². The molecule has 0 fully saturated rings. The highest BCUT2D eigenvalue weighted by Crippen LogP contribution is 2.31. The summed E-state index contributed by atoms with van der Waals surface area (Å²) in [5.74, 6) is 0.295. The number of rotatable bonds is 4. The molecule has 0 bridgehead atoms. The fourth-order valence-electron chi connectivity index (χ4n) is 3.40. The Morgan fingerprint density at radius 2 is 1.85 bits per heavy atom. The first-order chi connectivity index (χ1) is 12.6. The zero-order valence-electron chi connectivity index (χ0n) is 14.6. The van der Waals surface area contributed by atoms with E-state index in [4.69, 9.17) is 14.2 Å².